The van der Waals surface area contributed by atoms with Crippen LogP contribution < -0.4 is 0 Å². The molecule has 1 heterocycles. The van der Waals surface area contributed by atoms with Crippen molar-refractivity contribution in [2.45, 2.75) is 72.6 Å². The lowest BCUT2D eigenvalue weighted by Gasteiger charge is -2.03. The Morgan fingerprint density at radius 2 is 1.64 bits per heavy atom. The predicted molar refractivity (Wildman–Crippen MR) is 88.5 cm³/mol. The van der Waals surface area contributed by atoms with E-state index in [9.17, 15) is 9.59 Å². The first-order valence-electron chi connectivity index (χ1n) is 8.42. The van der Waals surface area contributed by atoms with E-state index in [1.54, 1.807) is 6.92 Å². The van der Waals surface area contributed by atoms with Gasteiger partial charge in [-0.05, 0) is 32.8 Å². The number of hydrogen-bond donors (Lipinski definition) is 1. The maximum atomic E-state index is 12.4. The third kappa shape index (κ3) is 5.00. The second-order valence-corrected chi connectivity index (χ2v) is 5.79. The Morgan fingerprint density at radius 3 is 2.27 bits per heavy atom. The molecule has 22 heavy (non-hydrogen) atoms. The molecule has 0 saturated heterocycles. The highest BCUT2D eigenvalue weighted by Gasteiger charge is 2.22. The maximum Gasteiger partial charge on any atom is 0.355 e. The fourth-order valence-corrected chi connectivity index (χ4v) is 2.77. The molecule has 1 aromatic heterocycles. The highest BCUT2D eigenvalue weighted by atomic mass is 16.5. The number of aryl methyl sites for hydroxylation is 1. The van der Waals surface area contributed by atoms with Crippen molar-refractivity contribution in [1.29, 1.82) is 0 Å². The van der Waals surface area contributed by atoms with Crippen LogP contribution in [0.15, 0.2) is 0 Å². The van der Waals surface area contributed by atoms with E-state index in [1.165, 1.54) is 25.7 Å². The van der Waals surface area contributed by atoms with Crippen LogP contribution >= 0.6 is 0 Å². The normalized spacial score (nSPS) is 10.7. The first-order valence-corrected chi connectivity index (χ1v) is 8.42. The monoisotopic (exact) mass is 307 g/mol. The number of carbonyl (C=O) groups excluding carboxylic acids is 2. The van der Waals surface area contributed by atoms with Gasteiger partial charge in [-0.1, -0.05) is 39.0 Å². The number of H-pyrrole nitrogens is 1. The van der Waals surface area contributed by atoms with Crippen molar-refractivity contribution in [2.75, 3.05) is 6.61 Å². The van der Waals surface area contributed by atoms with Crippen molar-refractivity contribution in [2.24, 2.45) is 0 Å². The number of rotatable bonds is 10. The van der Waals surface area contributed by atoms with Crippen molar-refractivity contribution in [3.05, 3.63) is 22.5 Å². The van der Waals surface area contributed by atoms with Gasteiger partial charge in [0.1, 0.15) is 5.69 Å². The Bertz CT molecular complexity index is 503. The van der Waals surface area contributed by atoms with Crippen molar-refractivity contribution >= 4 is 11.8 Å². The molecule has 1 rings (SSSR count). The second kappa shape index (κ2) is 9.44. The number of carbonyl (C=O) groups is 2. The summed E-state index contributed by atoms with van der Waals surface area (Å²) < 4.78 is 5.01. The van der Waals surface area contributed by atoms with Crippen molar-refractivity contribution < 1.29 is 14.3 Å². The molecule has 0 saturated carbocycles. The van der Waals surface area contributed by atoms with Gasteiger partial charge in [0, 0.05) is 17.7 Å². The molecule has 1 N–H and O–H groups in total. The smallest absolute Gasteiger partial charge is 0.355 e. The largest absolute Gasteiger partial charge is 0.461 e. The lowest BCUT2D eigenvalue weighted by atomic mass is 10.0. The quantitative estimate of drug-likeness (QED) is 0.386. The third-order valence-electron chi connectivity index (χ3n) is 3.95. The highest BCUT2D eigenvalue weighted by molar-refractivity contribution is 6.02. The summed E-state index contributed by atoms with van der Waals surface area (Å²) in [5, 5.41) is 0. The lowest BCUT2D eigenvalue weighted by molar-refractivity contribution is 0.0519. The van der Waals surface area contributed by atoms with E-state index in [2.05, 4.69) is 11.9 Å². The fraction of sp³-hybridized carbons (Fsp3) is 0.667. The molecule has 4 nitrogen and oxygen atoms in total. The summed E-state index contributed by atoms with van der Waals surface area (Å²) in [6.45, 7) is 7.95. The molecule has 0 aliphatic heterocycles. The van der Waals surface area contributed by atoms with Crippen molar-refractivity contribution in [1.82, 2.24) is 4.98 Å². The van der Waals surface area contributed by atoms with Gasteiger partial charge in [-0.3, -0.25) is 4.79 Å². The van der Waals surface area contributed by atoms with Gasteiger partial charge in [0.2, 0.25) is 0 Å². The fourth-order valence-electron chi connectivity index (χ4n) is 2.77. The summed E-state index contributed by atoms with van der Waals surface area (Å²) >= 11 is 0. The van der Waals surface area contributed by atoms with Gasteiger partial charge in [0.25, 0.3) is 0 Å². The Morgan fingerprint density at radius 1 is 1.00 bits per heavy atom. The first-order chi connectivity index (χ1) is 10.5. The Balaban J connectivity index is 2.60. The molecule has 1 aromatic rings. The zero-order chi connectivity index (χ0) is 16.5. The van der Waals surface area contributed by atoms with Crippen molar-refractivity contribution in [3.63, 3.8) is 0 Å². The van der Waals surface area contributed by atoms with Gasteiger partial charge in [0.15, 0.2) is 5.78 Å². The van der Waals surface area contributed by atoms with E-state index < -0.39 is 0 Å². The molecule has 0 aliphatic rings. The average molecular weight is 307 g/mol. The highest BCUT2D eigenvalue weighted by Crippen LogP contribution is 2.21. The van der Waals surface area contributed by atoms with E-state index in [-0.39, 0.29) is 11.8 Å². The number of Topliss-reactive ketones (excluding diaryl/α,β-unsaturated/α-hetero) is 1. The molecule has 0 amide bonds. The number of nitrogens with one attached hydrogen (secondary N) is 1. The SMILES string of the molecule is CCCCCCCCC(=O)c1c(C)[nH]c(C(=O)OCC)c1C. The minimum absolute atomic E-state index is 0.122. The van der Waals surface area contributed by atoms with Crippen LogP contribution in [0.5, 0.6) is 0 Å². The van der Waals surface area contributed by atoms with Crippen LogP contribution in [0.2, 0.25) is 0 Å². The van der Waals surface area contributed by atoms with Crippen molar-refractivity contribution in [3.8, 4) is 0 Å². The summed E-state index contributed by atoms with van der Waals surface area (Å²) in [6, 6.07) is 0. The minimum Gasteiger partial charge on any atom is -0.461 e. The number of ketones is 1. The van der Waals surface area contributed by atoms with Crippen LogP contribution in [0.25, 0.3) is 0 Å². The van der Waals surface area contributed by atoms with Gasteiger partial charge in [-0.25, -0.2) is 4.79 Å². The van der Waals surface area contributed by atoms with Crippen LogP contribution in [-0.2, 0) is 4.74 Å². The molecule has 0 spiro atoms. The van der Waals surface area contributed by atoms with Crippen LogP contribution in [0, 0.1) is 13.8 Å². The molecule has 124 valence electrons. The predicted octanol–water partition coefficient (Wildman–Crippen LogP) is 4.74. The van der Waals surface area contributed by atoms with Gasteiger partial charge >= 0.3 is 5.97 Å². The van der Waals surface area contributed by atoms with E-state index >= 15 is 0 Å². The number of unbranched alkanes of at least 4 members (excludes halogenated alkanes) is 5. The zero-order valence-corrected chi connectivity index (χ0v) is 14.4. The van der Waals surface area contributed by atoms with Gasteiger partial charge in [-0.2, -0.15) is 0 Å². The topological polar surface area (TPSA) is 59.2 Å². The third-order valence-corrected chi connectivity index (χ3v) is 3.95. The molecule has 0 bridgehead atoms. The van der Waals surface area contributed by atoms with Crippen LogP contribution in [0.4, 0.5) is 0 Å². The van der Waals surface area contributed by atoms with Crippen LogP contribution in [0.1, 0.15) is 90.9 Å². The summed E-state index contributed by atoms with van der Waals surface area (Å²) in [5.41, 5.74) is 2.55. The molecule has 0 atom stereocenters. The molecular weight excluding hydrogens is 278 g/mol. The van der Waals surface area contributed by atoms with E-state index in [0.29, 0.717) is 29.8 Å². The number of ether oxygens (including phenoxy) is 1. The zero-order valence-electron chi connectivity index (χ0n) is 14.4. The summed E-state index contributed by atoms with van der Waals surface area (Å²) in [5.74, 6) is -0.265. The molecule has 0 fully saturated rings. The molecule has 0 aliphatic carbocycles. The summed E-state index contributed by atoms with van der Waals surface area (Å²) in [6.07, 6.45) is 7.51. The lowest BCUT2D eigenvalue weighted by Crippen LogP contribution is -2.07. The van der Waals surface area contributed by atoms with E-state index in [1.807, 2.05) is 13.8 Å². The molecule has 0 unspecified atom stereocenters. The standard InChI is InChI=1S/C18H29NO3/c1-5-7-8-9-10-11-12-15(20)16-13(3)17(19-14(16)4)18(21)22-6-2/h19H,5-12H2,1-4H3. The van der Waals surface area contributed by atoms with Crippen LogP contribution in [-0.4, -0.2) is 23.3 Å². The summed E-state index contributed by atoms with van der Waals surface area (Å²) in [4.78, 5) is 27.2. The molecule has 0 aromatic carbocycles. The van der Waals surface area contributed by atoms with E-state index in [4.69, 9.17) is 4.74 Å². The Kier molecular flexibility index (Phi) is 7.92. The molecule has 4 heteroatoms. The number of hydrogen-bond acceptors (Lipinski definition) is 3. The molecule has 0 radical (unpaired) electrons. The summed E-state index contributed by atoms with van der Waals surface area (Å²) in [7, 11) is 0. The number of aromatic nitrogens is 1. The Hall–Kier alpha value is -1.58. The van der Waals surface area contributed by atoms with Gasteiger partial charge in [-0.15, -0.1) is 0 Å². The maximum absolute atomic E-state index is 12.4. The number of aromatic amines is 1. The minimum atomic E-state index is -0.387. The average Bonchev–Trinajstić information content (AvgIpc) is 2.78. The van der Waals surface area contributed by atoms with Gasteiger partial charge in [0.05, 0.1) is 6.61 Å². The van der Waals surface area contributed by atoms with Crippen LogP contribution in [0.3, 0.4) is 0 Å². The number of esters is 1. The molecular formula is C18H29NO3. The van der Waals surface area contributed by atoms with Gasteiger partial charge < -0.3 is 9.72 Å². The van der Waals surface area contributed by atoms with E-state index in [0.717, 1.165) is 18.5 Å². The Labute approximate surface area is 133 Å². The first kappa shape index (κ1) is 18.5. The second-order valence-electron chi connectivity index (χ2n) is 5.79.